The Morgan fingerprint density at radius 1 is 0.271 bits per heavy atom. The van der Waals surface area contributed by atoms with E-state index in [1.807, 2.05) is 18.2 Å². The van der Waals surface area contributed by atoms with Gasteiger partial charge < -0.3 is 8.83 Å². The lowest BCUT2D eigenvalue weighted by Crippen LogP contribution is -1.91. The van der Waals surface area contributed by atoms with Crippen LogP contribution in [0, 0.1) is 0 Å². The van der Waals surface area contributed by atoms with Crippen molar-refractivity contribution in [3.05, 3.63) is 158 Å². The zero-order valence-electron chi connectivity index (χ0n) is 25.8. The van der Waals surface area contributed by atoms with E-state index in [0.717, 1.165) is 43.9 Å². The summed E-state index contributed by atoms with van der Waals surface area (Å²) in [5.74, 6) is 0. The van der Waals surface area contributed by atoms with Gasteiger partial charge in [-0.3, -0.25) is 0 Å². The molecule has 2 aromatic heterocycles. The molecule has 0 fully saturated rings. The molecule has 0 aliphatic heterocycles. The Labute approximate surface area is 275 Å². The van der Waals surface area contributed by atoms with Crippen LogP contribution in [0.15, 0.2) is 167 Å². The van der Waals surface area contributed by atoms with E-state index < -0.39 is 0 Å². The molecule has 0 saturated carbocycles. The monoisotopic (exact) mass is 610 g/mol. The van der Waals surface area contributed by atoms with Crippen molar-refractivity contribution >= 4 is 87.0 Å². The van der Waals surface area contributed by atoms with Gasteiger partial charge in [0.15, 0.2) is 11.2 Å². The predicted molar refractivity (Wildman–Crippen MR) is 202 cm³/mol. The van der Waals surface area contributed by atoms with Gasteiger partial charge in [0, 0.05) is 21.5 Å². The van der Waals surface area contributed by atoms with E-state index in [1.165, 1.54) is 65.3 Å². The summed E-state index contributed by atoms with van der Waals surface area (Å²) in [7, 11) is 0. The van der Waals surface area contributed by atoms with Crippen LogP contribution in [0.1, 0.15) is 0 Å². The number of para-hydroxylation sites is 1. The molecule has 0 saturated heterocycles. The molecule has 0 spiro atoms. The Morgan fingerprint density at radius 2 is 0.708 bits per heavy atom. The SMILES string of the molecule is c1ccc2c(c1)ccc1ccc(-c3c4ccccc4c(-c4ccc5oc6c(ccc7c8ccccc8oc76)c5c4)c4ccccc34)cc12. The van der Waals surface area contributed by atoms with Crippen LogP contribution in [0.5, 0.6) is 0 Å². The van der Waals surface area contributed by atoms with Gasteiger partial charge >= 0.3 is 0 Å². The molecule has 11 rings (SSSR count). The molecule has 0 aliphatic rings. The third kappa shape index (κ3) is 3.52. The summed E-state index contributed by atoms with van der Waals surface area (Å²) in [4.78, 5) is 0. The highest BCUT2D eigenvalue weighted by Crippen LogP contribution is 2.46. The van der Waals surface area contributed by atoms with Crippen LogP contribution in [0.2, 0.25) is 0 Å². The van der Waals surface area contributed by atoms with Crippen molar-refractivity contribution in [2.45, 2.75) is 0 Å². The molecule has 2 heterocycles. The second kappa shape index (κ2) is 9.57. The lowest BCUT2D eigenvalue weighted by molar-refractivity contribution is 0.633. The first kappa shape index (κ1) is 25.8. The van der Waals surface area contributed by atoms with Crippen molar-refractivity contribution in [2.75, 3.05) is 0 Å². The van der Waals surface area contributed by atoms with Gasteiger partial charge in [0.2, 0.25) is 0 Å². The minimum atomic E-state index is 0.796. The van der Waals surface area contributed by atoms with Crippen molar-refractivity contribution in [2.24, 2.45) is 0 Å². The minimum Gasteiger partial charge on any atom is -0.452 e. The fourth-order valence-electron chi connectivity index (χ4n) is 8.08. The molecule has 0 aliphatic carbocycles. The summed E-state index contributed by atoms with van der Waals surface area (Å²) in [5.41, 5.74) is 8.22. The van der Waals surface area contributed by atoms with Crippen LogP contribution in [0.25, 0.3) is 109 Å². The van der Waals surface area contributed by atoms with Gasteiger partial charge in [-0.1, -0.05) is 121 Å². The topological polar surface area (TPSA) is 26.3 Å². The fraction of sp³-hybridized carbons (Fsp3) is 0. The summed E-state index contributed by atoms with van der Waals surface area (Å²) >= 11 is 0. The molecule has 222 valence electrons. The zero-order valence-corrected chi connectivity index (χ0v) is 25.8. The fourth-order valence-corrected chi connectivity index (χ4v) is 8.08. The molecule has 0 atom stereocenters. The maximum atomic E-state index is 6.51. The van der Waals surface area contributed by atoms with E-state index in [2.05, 4.69) is 140 Å². The average molecular weight is 611 g/mol. The third-order valence-electron chi connectivity index (χ3n) is 10.2. The summed E-state index contributed by atoms with van der Waals surface area (Å²) in [5, 5.41) is 14.3. The summed E-state index contributed by atoms with van der Waals surface area (Å²) in [6, 6.07) is 56.9. The number of hydrogen-bond acceptors (Lipinski definition) is 2. The molecule has 11 aromatic rings. The summed E-state index contributed by atoms with van der Waals surface area (Å²) in [6.07, 6.45) is 0. The Bertz CT molecular complexity index is 3060. The number of furan rings is 2. The molecule has 0 N–H and O–H groups in total. The highest BCUT2D eigenvalue weighted by molar-refractivity contribution is 6.24. The quantitative estimate of drug-likeness (QED) is 0.144. The molecule has 0 radical (unpaired) electrons. The first-order valence-corrected chi connectivity index (χ1v) is 16.4. The minimum absolute atomic E-state index is 0.796. The van der Waals surface area contributed by atoms with Crippen LogP contribution >= 0.6 is 0 Å². The van der Waals surface area contributed by atoms with Gasteiger partial charge in [-0.25, -0.2) is 0 Å². The molecule has 2 heteroatoms. The highest BCUT2D eigenvalue weighted by Gasteiger charge is 2.20. The molecular formula is C46H26O2. The van der Waals surface area contributed by atoms with E-state index in [-0.39, 0.29) is 0 Å². The second-order valence-electron chi connectivity index (χ2n) is 12.8. The van der Waals surface area contributed by atoms with Crippen molar-refractivity contribution in [3.8, 4) is 22.3 Å². The molecule has 0 unspecified atom stereocenters. The number of rotatable bonds is 2. The van der Waals surface area contributed by atoms with E-state index in [1.54, 1.807) is 0 Å². The second-order valence-corrected chi connectivity index (χ2v) is 12.8. The van der Waals surface area contributed by atoms with E-state index in [4.69, 9.17) is 8.83 Å². The maximum Gasteiger partial charge on any atom is 0.178 e. The Balaban J connectivity index is 1.19. The third-order valence-corrected chi connectivity index (χ3v) is 10.2. The summed E-state index contributed by atoms with van der Waals surface area (Å²) < 4.78 is 12.8. The number of benzene rings is 9. The molecular weight excluding hydrogens is 585 g/mol. The summed E-state index contributed by atoms with van der Waals surface area (Å²) in [6.45, 7) is 0. The predicted octanol–water partition coefficient (Wildman–Crippen LogP) is 13.4. The Hall–Kier alpha value is -6.38. The normalized spacial score (nSPS) is 12.2. The van der Waals surface area contributed by atoms with E-state index in [9.17, 15) is 0 Å². The Morgan fingerprint density at radius 3 is 1.35 bits per heavy atom. The molecule has 2 nitrogen and oxygen atoms in total. The van der Waals surface area contributed by atoms with Gasteiger partial charge in [-0.05, 0) is 102 Å². The molecule has 9 aromatic carbocycles. The van der Waals surface area contributed by atoms with Gasteiger partial charge in [-0.15, -0.1) is 0 Å². The smallest absolute Gasteiger partial charge is 0.178 e. The van der Waals surface area contributed by atoms with Gasteiger partial charge in [0.25, 0.3) is 0 Å². The highest BCUT2D eigenvalue weighted by atomic mass is 16.4. The van der Waals surface area contributed by atoms with E-state index in [0.29, 0.717) is 0 Å². The van der Waals surface area contributed by atoms with Crippen molar-refractivity contribution in [1.82, 2.24) is 0 Å². The van der Waals surface area contributed by atoms with Crippen LogP contribution in [-0.2, 0) is 0 Å². The number of hydrogen-bond donors (Lipinski definition) is 0. The van der Waals surface area contributed by atoms with Crippen molar-refractivity contribution < 1.29 is 8.83 Å². The molecule has 48 heavy (non-hydrogen) atoms. The first-order valence-electron chi connectivity index (χ1n) is 16.4. The molecule has 0 bridgehead atoms. The maximum absolute atomic E-state index is 6.51. The van der Waals surface area contributed by atoms with Gasteiger partial charge in [0.1, 0.15) is 11.2 Å². The lowest BCUT2D eigenvalue weighted by Gasteiger charge is -2.18. The largest absolute Gasteiger partial charge is 0.452 e. The average Bonchev–Trinajstić information content (AvgIpc) is 3.72. The zero-order chi connectivity index (χ0) is 31.3. The van der Waals surface area contributed by atoms with Crippen LogP contribution in [0.4, 0.5) is 0 Å². The van der Waals surface area contributed by atoms with Crippen LogP contribution in [-0.4, -0.2) is 0 Å². The standard InChI is InChI=1S/C46H26O2/c1-2-10-31-27(9-1)17-18-28-19-20-29(25-39(28)31)43-33-12-3-5-14-35(33)44(36-15-6-4-13-34(36)43)30-21-24-42-40(26-30)38-23-22-37-32-11-7-8-16-41(32)47-45(37)46(38)48-42/h1-26H. The molecule has 0 amide bonds. The Kier molecular flexibility index (Phi) is 5.14. The van der Waals surface area contributed by atoms with Crippen LogP contribution in [0.3, 0.4) is 0 Å². The number of fused-ring (bicyclic) bond motifs is 12. The van der Waals surface area contributed by atoms with Gasteiger partial charge in [-0.2, -0.15) is 0 Å². The van der Waals surface area contributed by atoms with Crippen molar-refractivity contribution in [1.29, 1.82) is 0 Å². The van der Waals surface area contributed by atoms with E-state index >= 15 is 0 Å². The van der Waals surface area contributed by atoms with Crippen molar-refractivity contribution in [3.63, 3.8) is 0 Å². The first-order chi connectivity index (χ1) is 23.8. The lowest BCUT2D eigenvalue weighted by atomic mass is 9.85. The van der Waals surface area contributed by atoms with Crippen LogP contribution < -0.4 is 0 Å². The van der Waals surface area contributed by atoms with Gasteiger partial charge in [0.05, 0.1) is 0 Å².